The lowest BCUT2D eigenvalue weighted by atomic mass is 9.89. The number of urea groups is 1. The summed E-state index contributed by atoms with van der Waals surface area (Å²) in [6.45, 7) is 6.01. The van der Waals surface area contributed by atoms with E-state index in [0.29, 0.717) is 32.0 Å². The summed E-state index contributed by atoms with van der Waals surface area (Å²) in [6.07, 6.45) is 5.51. The number of carboxylic acid groups (broad SMARTS) is 1. The second-order valence-electron chi connectivity index (χ2n) is 6.78. The van der Waals surface area contributed by atoms with Gasteiger partial charge in [-0.1, -0.05) is 26.7 Å². The number of nitrogens with one attached hydrogen (secondary N) is 1. The molecule has 132 valence electrons. The van der Waals surface area contributed by atoms with Crippen molar-refractivity contribution in [1.29, 1.82) is 0 Å². The molecule has 23 heavy (non-hydrogen) atoms. The van der Waals surface area contributed by atoms with Gasteiger partial charge in [-0.3, -0.25) is 4.79 Å². The van der Waals surface area contributed by atoms with Crippen LogP contribution in [0.3, 0.4) is 0 Å². The summed E-state index contributed by atoms with van der Waals surface area (Å²) in [4.78, 5) is 25.2. The first-order valence-electron chi connectivity index (χ1n) is 8.94. The third-order valence-electron chi connectivity index (χ3n) is 5.28. The number of aliphatic carboxylic acids is 1. The number of hydrogen-bond donors (Lipinski definition) is 2. The number of piperidine rings is 1. The van der Waals surface area contributed by atoms with E-state index in [1.54, 1.807) is 4.90 Å². The molecule has 2 heterocycles. The van der Waals surface area contributed by atoms with Crippen molar-refractivity contribution in [3.63, 3.8) is 0 Å². The smallest absolute Gasteiger partial charge is 0.317 e. The highest BCUT2D eigenvalue weighted by Crippen LogP contribution is 2.25. The van der Waals surface area contributed by atoms with Crippen LogP contribution in [0.4, 0.5) is 4.79 Å². The van der Waals surface area contributed by atoms with E-state index in [0.717, 1.165) is 32.1 Å². The van der Waals surface area contributed by atoms with Crippen LogP contribution in [0.1, 0.15) is 52.4 Å². The molecule has 0 saturated carbocycles. The quantitative estimate of drug-likeness (QED) is 0.813. The van der Waals surface area contributed by atoms with Crippen molar-refractivity contribution in [3.05, 3.63) is 0 Å². The van der Waals surface area contributed by atoms with Crippen molar-refractivity contribution in [3.8, 4) is 0 Å². The van der Waals surface area contributed by atoms with E-state index in [1.807, 2.05) is 0 Å². The molecule has 0 aromatic rings. The van der Waals surface area contributed by atoms with Gasteiger partial charge in [0, 0.05) is 25.7 Å². The third-order valence-corrected chi connectivity index (χ3v) is 5.28. The van der Waals surface area contributed by atoms with Crippen molar-refractivity contribution in [2.45, 2.75) is 64.5 Å². The molecule has 2 N–H and O–H groups in total. The average Bonchev–Trinajstić information content (AvgIpc) is 2.56. The van der Waals surface area contributed by atoms with E-state index in [1.165, 1.54) is 0 Å². The highest BCUT2D eigenvalue weighted by molar-refractivity contribution is 5.76. The summed E-state index contributed by atoms with van der Waals surface area (Å²) >= 11 is 0. The predicted molar refractivity (Wildman–Crippen MR) is 87.3 cm³/mol. The first kappa shape index (κ1) is 18.0. The molecule has 0 bridgehead atoms. The monoisotopic (exact) mass is 326 g/mol. The minimum Gasteiger partial charge on any atom is -0.481 e. The van der Waals surface area contributed by atoms with Gasteiger partial charge in [0.1, 0.15) is 0 Å². The maximum absolute atomic E-state index is 12.4. The fourth-order valence-corrected chi connectivity index (χ4v) is 3.73. The van der Waals surface area contributed by atoms with E-state index in [9.17, 15) is 9.59 Å². The standard InChI is InChI=1S/C17H30N2O4/c1-3-12(4-2)15-10-14(7-9-23-15)18-17(22)19-8-5-6-13(11-19)16(20)21/h12-15H,3-11H2,1-2H3,(H,18,22)(H,20,21). The van der Waals surface area contributed by atoms with Crippen LogP contribution in [0, 0.1) is 11.8 Å². The Kier molecular flexibility index (Phi) is 6.69. The second-order valence-corrected chi connectivity index (χ2v) is 6.78. The Morgan fingerprint density at radius 3 is 2.70 bits per heavy atom. The molecule has 2 rings (SSSR count). The van der Waals surface area contributed by atoms with E-state index in [-0.39, 0.29) is 18.2 Å². The van der Waals surface area contributed by atoms with Gasteiger partial charge in [0.05, 0.1) is 12.0 Å². The number of nitrogens with zero attached hydrogens (tertiary/aromatic N) is 1. The van der Waals surface area contributed by atoms with Gasteiger partial charge in [-0.25, -0.2) is 4.79 Å². The van der Waals surface area contributed by atoms with Gasteiger partial charge in [-0.05, 0) is 31.6 Å². The Labute approximate surface area is 138 Å². The lowest BCUT2D eigenvalue weighted by Crippen LogP contribution is -2.52. The number of likely N-dealkylation sites (tertiary alicyclic amines) is 1. The van der Waals surface area contributed by atoms with E-state index >= 15 is 0 Å². The molecule has 6 heteroatoms. The molecule has 2 amide bonds. The molecule has 6 nitrogen and oxygen atoms in total. The van der Waals surface area contributed by atoms with Crippen LogP contribution in [0.25, 0.3) is 0 Å². The first-order valence-corrected chi connectivity index (χ1v) is 8.94. The van der Waals surface area contributed by atoms with E-state index < -0.39 is 11.9 Å². The third kappa shape index (κ3) is 4.83. The lowest BCUT2D eigenvalue weighted by Gasteiger charge is -2.36. The van der Waals surface area contributed by atoms with Crippen molar-refractivity contribution < 1.29 is 19.4 Å². The number of carboxylic acids is 1. The van der Waals surface area contributed by atoms with Crippen LogP contribution in [0.5, 0.6) is 0 Å². The van der Waals surface area contributed by atoms with Gasteiger partial charge < -0.3 is 20.1 Å². The number of carbonyl (C=O) groups excluding carboxylic acids is 1. The normalized spacial score (nSPS) is 28.7. The molecule has 2 saturated heterocycles. The zero-order valence-electron chi connectivity index (χ0n) is 14.3. The Bertz CT molecular complexity index is 411. The molecular weight excluding hydrogens is 296 g/mol. The molecule has 2 aliphatic heterocycles. The molecule has 3 atom stereocenters. The van der Waals surface area contributed by atoms with Crippen molar-refractivity contribution in [2.24, 2.45) is 11.8 Å². The Morgan fingerprint density at radius 2 is 2.04 bits per heavy atom. The Morgan fingerprint density at radius 1 is 1.30 bits per heavy atom. The minimum absolute atomic E-state index is 0.119. The summed E-state index contributed by atoms with van der Waals surface area (Å²) in [5, 5.41) is 12.2. The van der Waals surface area contributed by atoms with Crippen molar-refractivity contribution >= 4 is 12.0 Å². The van der Waals surface area contributed by atoms with Gasteiger partial charge in [0.2, 0.25) is 0 Å². The molecule has 2 fully saturated rings. The molecular formula is C17H30N2O4. The maximum Gasteiger partial charge on any atom is 0.317 e. The fourth-order valence-electron chi connectivity index (χ4n) is 3.73. The summed E-state index contributed by atoms with van der Waals surface area (Å²) in [5.74, 6) is -0.690. The zero-order valence-corrected chi connectivity index (χ0v) is 14.3. The van der Waals surface area contributed by atoms with Crippen LogP contribution in [0.15, 0.2) is 0 Å². The minimum atomic E-state index is -0.803. The van der Waals surface area contributed by atoms with Gasteiger partial charge >= 0.3 is 12.0 Å². The van der Waals surface area contributed by atoms with Crippen LogP contribution in [-0.2, 0) is 9.53 Å². The predicted octanol–water partition coefficient (Wildman–Crippen LogP) is 2.48. The number of carbonyl (C=O) groups is 2. The largest absolute Gasteiger partial charge is 0.481 e. The number of amides is 2. The van der Waals surface area contributed by atoms with Gasteiger partial charge in [0.25, 0.3) is 0 Å². The highest BCUT2D eigenvalue weighted by Gasteiger charge is 2.32. The summed E-state index contributed by atoms with van der Waals surface area (Å²) in [6, 6.07) is 0.0122. The second kappa shape index (κ2) is 8.52. The van der Waals surface area contributed by atoms with Gasteiger partial charge in [-0.2, -0.15) is 0 Å². The number of ether oxygens (including phenoxy) is 1. The molecule has 0 aliphatic carbocycles. The summed E-state index contributed by atoms with van der Waals surface area (Å²) in [5.41, 5.74) is 0. The Balaban J connectivity index is 1.85. The number of hydrogen-bond acceptors (Lipinski definition) is 3. The molecule has 0 aromatic heterocycles. The summed E-state index contributed by atoms with van der Waals surface area (Å²) in [7, 11) is 0. The van der Waals surface area contributed by atoms with Crippen LogP contribution < -0.4 is 5.32 Å². The molecule has 2 aliphatic rings. The van der Waals surface area contributed by atoms with Crippen LogP contribution in [-0.4, -0.2) is 53.8 Å². The maximum atomic E-state index is 12.4. The van der Waals surface area contributed by atoms with Gasteiger partial charge in [0.15, 0.2) is 0 Å². The summed E-state index contributed by atoms with van der Waals surface area (Å²) < 4.78 is 5.89. The SMILES string of the molecule is CCC(CC)C1CC(NC(=O)N2CCCC(C(=O)O)C2)CCO1. The van der Waals surface area contributed by atoms with Crippen LogP contribution in [0.2, 0.25) is 0 Å². The molecule has 3 unspecified atom stereocenters. The molecule has 0 spiro atoms. The van der Waals surface area contributed by atoms with E-state index in [4.69, 9.17) is 9.84 Å². The lowest BCUT2D eigenvalue weighted by molar-refractivity contribution is -0.143. The van der Waals surface area contributed by atoms with E-state index in [2.05, 4.69) is 19.2 Å². The Hall–Kier alpha value is -1.30. The first-order chi connectivity index (χ1) is 11.0. The topological polar surface area (TPSA) is 78.9 Å². The highest BCUT2D eigenvalue weighted by atomic mass is 16.5. The zero-order chi connectivity index (χ0) is 16.8. The number of rotatable bonds is 5. The van der Waals surface area contributed by atoms with Crippen molar-refractivity contribution in [1.82, 2.24) is 10.2 Å². The van der Waals surface area contributed by atoms with Crippen LogP contribution >= 0.6 is 0 Å². The molecule has 0 aromatic carbocycles. The fraction of sp³-hybridized carbons (Fsp3) is 0.882. The van der Waals surface area contributed by atoms with Gasteiger partial charge in [-0.15, -0.1) is 0 Å². The van der Waals surface area contributed by atoms with Crippen molar-refractivity contribution in [2.75, 3.05) is 19.7 Å². The molecule has 0 radical (unpaired) electrons. The average molecular weight is 326 g/mol.